The first kappa shape index (κ1) is 37.6. The van der Waals surface area contributed by atoms with Crippen molar-refractivity contribution >= 4 is 43.6 Å². The number of hydrogen-bond acceptors (Lipinski definition) is 0. The Balaban J connectivity index is 1.24. The third-order valence-corrected chi connectivity index (χ3v) is 9.89. The molecule has 0 aliphatic carbocycles. The van der Waals surface area contributed by atoms with Crippen LogP contribution in [0.1, 0.15) is 105 Å². The second-order valence-corrected chi connectivity index (χ2v) is 18.1. The van der Waals surface area contributed by atoms with E-state index in [9.17, 15) is 0 Å². The number of benzene rings is 4. The average Bonchev–Trinajstić information content (AvgIpc) is 3.58. The van der Waals surface area contributed by atoms with Crippen LogP contribution in [0.2, 0.25) is 0 Å². The lowest BCUT2D eigenvalue weighted by Crippen LogP contribution is -2.10. The molecule has 0 fully saturated rings. The van der Waals surface area contributed by atoms with Gasteiger partial charge in [0.25, 0.3) is 0 Å². The first-order valence-electron chi connectivity index (χ1n) is 18.5. The Labute approximate surface area is 322 Å². The van der Waals surface area contributed by atoms with Crippen molar-refractivity contribution in [3.63, 3.8) is 0 Å². The average molecular weight is 701 g/mol. The number of fused-ring (bicyclic) bond motifs is 6. The summed E-state index contributed by atoms with van der Waals surface area (Å²) in [6.45, 7) is 26.9. The predicted molar refractivity (Wildman–Crippen MR) is 231 cm³/mol. The molecular formula is C52H48N2. The molecule has 266 valence electrons. The Bertz CT molecular complexity index is 2530. The summed E-state index contributed by atoms with van der Waals surface area (Å²) in [5.74, 6) is 28.4. The van der Waals surface area contributed by atoms with Gasteiger partial charge in [-0.2, -0.15) is 0 Å². The van der Waals surface area contributed by atoms with E-state index in [0.717, 1.165) is 22.1 Å². The quantitative estimate of drug-likeness (QED) is 0.140. The topological polar surface area (TPSA) is 9.86 Å². The first-order valence-corrected chi connectivity index (χ1v) is 18.5. The highest BCUT2D eigenvalue weighted by Crippen LogP contribution is 2.37. The second-order valence-electron chi connectivity index (χ2n) is 18.1. The molecule has 0 N–H and O–H groups in total. The van der Waals surface area contributed by atoms with Crippen LogP contribution in [-0.2, 0) is 21.7 Å². The summed E-state index contributed by atoms with van der Waals surface area (Å²) in [6.07, 6.45) is 0. The normalized spacial score (nSPS) is 11.6. The van der Waals surface area contributed by atoms with Crippen LogP contribution in [0.25, 0.3) is 43.6 Å². The summed E-state index contributed by atoms with van der Waals surface area (Å²) in [5.41, 5.74) is 9.64. The van der Waals surface area contributed by atoms with E-state index in [1.807, 2.05) is 9.13 Å². The Morgan fingerprint density at radius 3 is 0.704 bits per heavy atom. The van der Waals surface area contributed by atoms with E-state index in [1.54, 1.807) is 0 Å². The van der Waals surface area contributed by atoms with Crippen LogP contribution in [-0.4, -0.2) is 9.13 Å². The van der Waals surface area contributed by atoms with E-state index in [-0.39, 0.29) is 21.7 Å². The Morgan fingerprint density at radius 2 is 0.500 bits per heavy atom. The van der Waals surface area contributed by atoms with Crippen molar-refractivity contribution < 1.29 is 0 Å². The molecule has 0 amide bonds. The highest BCUT2D eigenvalue weighted by Gasteiger charge is 2.21. The highest BCUT2D eigenvalue weighted by atomic mass is 15.0. The molecule has 0 atom stereocenters. The van der Waals surface area contributed by atoms with E-state index >= 15 is 0 Å². The van der Waals surface area contributed by atoms with Gasteiger partial charge in [-0.3, -0.25) is 9.13 Å². The van der Waals surface area contributed by atoms with Gasteiger partial charge in [-0.25, -0.2) is 0 Å². The van der Waals surface area contributed by atoms with Crippen LogP contribution in [0, 0.1) is 71.3 Å². The van der Waals surface area contributed by atoms with Crippen molar-refractivity contribution in [1.82, 2.24) is 9.13 Å². The lowest BCUT2D eigenvalue weighted by atomic mass is 9.85. The Morgan fingerprint density at radius 1 is 0.296 bits per heavy atom. The molecule has 2 heterocycles. The minimum atomic E-state index is 0.0451. The molecule has 6 aromatic rings. The van der Waals surface area contributed by atoms with Crippen molar-refractivity contribution in [3.05, 3.63) is 95.1 Å². The van der Waals surface area contributed by atoms with Gasteiger partial charge in [0.05, 0.1) is 22.1 Å². The molecule has 2 heteroatoms. The summed E-state index contributed by atoms with van der Waals surface area (Å²) in [6, 6.07) is 33.2. The van der Waals surface area contributed by atoms with Gasteiger partial charge in [0, 0.05) is 92.8 Å². The van der Waals surface area contributed by atoms with Gasteiger partial charge in [-0.1, -0.05) is 107 Å². The van der Waals surface area contributed by atoms with Crippen molar-refractivity contribution in [3.8, 4) is 71.3 Å². The molecular weight excluding hydrogens is 653 g/mol. The summed E-state index contributed by atoms with van der Waals surface area (Å²) in [7, 11) is 0. The van der Waals surface area contributed by atoms with E-state index in [0.29, 0.717) is 0 Å². The molecule has 0 aliphatic rings. The van der Waals surface area contributed by atoms with Gasteiger partial charge in [-0.15, -0.1) is 0 Å². The standard InChI is InChI=1S/C52H48N2/c1-49(2,3)37-23-27-45-41(33-37)42-34-38(50(4,5)6)24-28-46(42)53(45)31-21-19-17-15-13-14-16-18-20-22-32-54-47-29-25-39(51(7,8)9)35-43(47)44-36-40(52(10,11)12)26-30-48(44)54/h23-30,33-36H,1-12H3. The lowest BCUT2D eigenvalue weighted by molar-refractivity contribution is 0.590. The van der Waals surface area contributed by atoms with Gasteiger partial charge >= 0.3 is 0 Å². The van der Waals surface area contributed by atoms with Crippen molar-refractivity contribution in [2.24, 2.45) is 0 Å². The van der Waals surface area contributed by atoms with Gasteiger partial charge in [-0.05, 0) is 92.4 Å². The Hall–Kier alpha value is -6.16. The van der Waals surface area contributed by atoms with Crippen molar-refractivity contribution in [2.75, 3.05) is 0 Å². The molecule has 0 aliphatic heterocycles. The summed E-state index contributed by atoms with van der Waals surface area (Å²) >= 11 is 0. The summed E-state index contributed by atoms with van der Waals surface area (Å²) in [5, 5.41) is 4.80. The van der Waals surface area contributed by atoms with Crippen LogP contribution in [0.15, 0.2) is 72.8 Å². The molecule has 6 rings (SSSR count). The maximum absolute atomic E-state index is 3.25. The van der Waals surface area contributed by atoms with Gasteiger partial charge < -0.3 is 0 Å². The fourth-order valence-electron chi connectivity index (χ4n) is 6.57. The zero-order valence-corrected chi connectivity index (χ0v) is 33.8. The lowest BCUT2D eigenvalue weighted by Gasteiger charge is -2.19. The SMILES string of the molecule is CC(C)(C)c1ccc2c(c1)c1cc(C(C)(C)C)ccc1n2C#CC#CC#CC#CC#CC#Cn1c2ccc(C(C)(C)C)cc2c2cc(C(C)(C)C)ccc21. The molecule has 54 heavy (non-hydrogen) atoms. The smallest absolute Gasteiger partial charge is 0.0625 e. The van der Waals surface area contributed by atoms with Crippen LogP contribution in [0.4, 0.5) is 0 Å². The molecule has 0 unspecified atom stereocenters. The monoisotopic (exact) mass is 700 g/mol. The zero-order chi connectivity index (χ0) is 39.1. The third kappa shape index (κ3) is 7.78. The third-order valence-electron chi connectivity index (χ3n) is 9.89. The van der Waals surface area contributed by atoms with Gasteiger partial charge in [0.15, 0.2) is 0 Å². The molecule has 0 saturated heterocycles. The molecule has 2 nitrogen and oxygen atoms in total. The van der Waals surface area contributed by atoms with E-state index in [1.165, 1.54) is 43.8 Å². The number of nitrogens with zero attached hydrogens (tertiary/aromatic N) is 2. The van der Waals surface area contributed by atoms with E-state index in [4.69, 9.17) is 0 Å². The van der Waals surface area contributed by atoms with Crippen LogP contribution in [0.5, 0.6) is 0 Å². The van der Waals surface area contributed by atoms with Crippen LogP contribution < -0.4 is 0 Å². The second kappa shape index (κ2) is 14.0. The first-order chi connectivity index (χ1) is 25.3. The fraction of sp³-hybridized carbons (Fsp3) is 0.308. The van der Waals surface area contributed by atoms with E-state index in [2.05, 4.69) is 227 Å². The maximum Gasteiger partial charge on any atom is 0.0625 e. The van der Waals surface area contributed by atoms with Crippen LogP contribution in [0.3, 0.4) is 0 Å². The molecule has 0 radical (unpaired) electrons. The Kier molecular flexibility index (Phi) is 9.75. The number of rotatable bonds is 0. The molecule has 0 bridgehead atoms. The predicted octanol–water partition coefficient (Wildman–Crippen LogP) is 11.4. The minimum absolute atomic E-state index is 0.0451. The molecule has 0 saturated carbocycles. The molecule has 4 aromatic carbocycles. The number of aromatic nitrogens is 2. The fourth-order valence-corrected chi connectivity index (χ4v) is 6.57. The van der Waals surface area contributed by atoms with Crippen molar-refractivity contribution in [2.45, 2.75) is 105 Å². The maximum atomic E-state index is 3.25. The van der Waals surface area contributed by atoms with Crippen molar-refractivity contribution in [1.29, 1.82) is 0 Å². The molecule has 2 aromatic heterocycles. The highest BCUT2D eigenvalue weighted by molar-refractivity contribution is 6.10. The largest absolute Gasteiger partial charge is 0.268 e. The molecule has 0 spiro atoms. The summed E-state index contributed by atoms with van der Waals surface area (Å²) in [4.78, 5) is 0. The van der Waals surface area contributed by atoms with Crippen LogP contribution >= 0.6 is 0 Å². The number of hydrogen-bond donors (Lipinski definition) is 0. The zero-order valence-electron chi connectivity index (χ0n) is 33.8. The van der Waals surface area contributed by atoms with Gasteiger partial charge in [0.1, 0.15) is 0 Å². The van der Waals surface area contributed by atoms with Gasteiger partial charge in [0.2, 0.25) is 0 Å². The van der Waals surface area contributed by atoms with E-state index < -0.39 is 0 Å². The minimum Gasteiger partial charge on any atom is -0.268 e. The summed E-state index contributed by atoms with van der Waals surface area (Å²) < 4.78 is 4.07.